The van der Waals surface area contributed by atoms with Gasteiger partial charge in [0.25, 0.3) is 0 Å². The van der Waals surface area contributed by atoms with E-state index in [-0.39, 0.29) is 26.1 Å². The second-order valence-electron chi connectivity index (χ2n) is 12.8. The lowest BCUT2D eigenvalue weighted by atomic mass is 10.1. The maximum Gasteiger partial charge on any atom is 0.313 e. The van der Waals surface area contributed by atoms with Crippen LogP contribution in [0, 0.1) is 34.0 Å². The summed E-state index contributed by atoms with van der Waals surface area (Å²) in [5, 5.41) is 26.0. The number of hydrogen-bond acceptors (Lipinski definition) is 9. The van der Waals surface area contributed by atoms with Gasteiger partial charge in [-0.1, -0.05) is 103 Å². The second-order valence-corrected chi connectivity index (χ2v) is 19.5. The van der Waals surface area contributed by atoms with Crippen LogP contribution in [0.25, 0.3) is 0 Å². The van der Waals surface area contributed by atoms with Crippen molar-refractivity contribution in [1.82, 2.24) is 14.2 Å². The average molecular weight is 749 g/mol. The van der Waals surface area contributed by atoms with E-state index in [9.17, 15) is 25.3 Å². The first-order valence-electron chi connectivity index (χ1n) is 18.6. The number of unbranched alkanes of at least 4 members (excludes halogenated alkanes) is 21. The third kappa shape index (κ3) is 19.4. The van der Waals surface area contributed by atoms with Crippen molar-refractivity contribution in [2.45, 2.75) is 177 Å². The number of nitrogens with one attached hydrogen (secondary N) is 3. The second kappa shape index (κ2) is 28.8. The predicted octanol–water partition coefficient (Wildman–Crippen LogP) is 7.13. The van der Waals surface area contributed by atoms with Crippen molar-refractivity contribution < 1.29 is 25.3 Å². The van der Waals surface area contributed by atoms with E-state index in [4.69, 9.17) is 15.8 Å². The van der Waals surface area contributed by atoms with E-state index in [2.05, 4.69) is 32.4 Å². The van der Waals surface area contributed by atoms with Crippen LogP contribution in [0.1, 0.15) is 174 Å². The lowest BCUT2D eigenvalue weighted by Gasteiger charge is -2.32. The van der Waals surface area contributed by atoms with Crippen LogP contribution in [0.5, 0.6) is 0 Å². The Morgan fingerprint density at radius 3 is 0.959 bits per heavy atom. The zero-order chi connectivity index (χ0) is 36.7. The van der Waals surface area contributed by atoms with Gasteiger partial charge in [0.2, 0.25) is 30.1 Å². The topological polar surface area (TPSA) is 210 Å². The summed E-state index contributed by atoms with van der Waals surface area (Å²) >= 11 is 0. The Labute approximate surface area is 299 Å². The summed E-state index contributed by atoms with van der Waals surface area (Å²) in [5.41, 5.74) is 0. The maximum absolute atomic E-state index is 14.1. The van der Waals surface area contributed by atoms with Crippen molar-refractivity contribution in [1.29, 1.82) is 15.8 Å². The van der Waals surface area contributed by atoms with Gasteiger partial charge < -0.3 is 0 Å². The van der Waals surface area contributed by atoms with Gasteiger partial charge >= 0.3 is 3.41 Å². The first kappa shape index (κ1) is 47.2. The number of hydrogen-bond donors (Lipinski definition) is 3. The summed E-state index contributed by atoms with van der Waals surface area (Å²) in [6.07, 6.45) is 16.6. The molecule has 3 N–H and O–H groups in total. The van der Waals surface area contributed by atoms with Crippen LogP contribution in [0.15, 0.2) is 0 Å². The third-order valence-corrected chi connectivity index (χ3v) is 17.4. The first-order valence-corrected chi connectivity index (χ1v) is 23.0. The fourth-order valence-electron chi connectivity index (χ4n) is 5.66. The molecule has 0 fully saturated rings. The highest BCUT2D eigenvalue weighted by atomic mass is 32.3. The zero-order valence-corrected chi connectivity index (χ0v) is 32.5. The van der Waals surface area contributed by atoms with E-state index in [0.29, 0.717) is 70.6 Å². The normalized spacial score (nSPS) is 12.4. The highest BCUT2D eigenvalue weighted by Gasteiger charge is 2.64. The molecule has 12 nitrogen and oxygen atoms in total. The molecule has 0 aromatic heterocycles. The summed E-state index contributed by atoms with van der Waals surface area (Å²) in [6.45, 7) is 1.71. The zero-order valence-electron chi connectivity index (χ0n) is 30.0. The van der Waals surface area contributed by atoms with Gasteiger partial charge in [-0.25, -0.2) is 39.4 Å². The van der Waals surface area contributed by atoms with Crippen molar-refractivity contribution >= 4 is 30.1 Å². The van der Waals surface area contributed by atoms with Crippen molar-refractivity contribution in [3.63, 3.8) is 0 Å². The molecule has 49 heavy (non-hydrogen) atoms. The molecule has 0 aliphatic rings. The van der Waals surface area contributed by atoms with E-state index >= 15 is 0 Å². The molecule has 0 aliphatic carbocycles. The molecule has 284 valence electrons. The van der Waals surface area contributed by atoms with Crippen LogP contribution in [-0.2, 0) is 30.1 Å². The Morgan fingerprint density at radius 1 is 0.408 bits per heavy atom. The molecule has 0 heterocycles. The van der Waals surface area contributed by atoms with Gasteiger partial charge in [-0.2, -0.15) is 15.8 Å². The maximum atomic E-state index is 14.1. The highest BCUT2D eigenvalue weighted by molar-refractivity contribution is 8.24. The van der Waals surface area contributed by atoms with Crippen LogP contribution in [-0.4, -0.2) is 48.3 Å². The Morgan fingerprint density at radius 2 is 0.673 bits per heavy atom. The summed E-state index contributed by atoms with van der Waals surface area (Å²) in [4.78, 5) is 0. The molecule has 0 aromatic carbocycles. The number of sulfonamides is 3. The van der Waals surface area contributed by atoms with E-state index in [0.717, 1.165) is 83.5 Å². The van der Waals surface area contributed by atoms with Crippen LogP contribution in [0.4, 0.5) is 0 Å². The average Bonchev–Trinajstić information content (AvgIpc) is 3.05. The number of rotatable bonds is 35. The molecule has 0 rings (SSSR count). The quantitative estimate of drug-likeness (QED) is 0.0562. The van der Waals surface area contributed by atoms with Crippen molar-refractivity contribution in [3.8, 4) is 18.2 Å². The molecule has 0 aromatic rings. The van der Waals surface area contributed by atoms with E-state index in [1.54, 1.807) is 0 Å². The lowest BCUT2D eigenvalue weighted by Crippen LogP contribution is -2.63. The van der Waals surface area contributed by atoms with Gasteiger partial charge in [0.1, 0.15) is 0 Å². The monoisotopic (exact) mass is 748 g/mol. The third-order valence-electron chi connectivity index (χ3n) is 8.59. The largest absolute Gasteiger partial charge is 0.313 e. The lowest BCUT2D eigenvalue weighted by molar-refractivity contribution is 0.505. The Hall–Kier alpha value is -1.80. The van der Waals surface area contributed by atoms with Crippen molar-refractivity contribution in [3.05, 3.63) is 0 Å². The van der Waals surface area contributed by atoms with Crippen LogP contribution in [0.2, 0.25) is 0 Å². The van der Waals surface area contributed by atoms with E-state index in [1.165, 1.54) is 0 Å². The van der Waals surface area contributed by atoms with E-state index < -0.39 is 39.9 Å². The molecule has 0 spiro atoms. The minimum Gasteiger partial charge on any atom is -0.213 e. The molecular formula is C34H64N6O6S3. The van der Waals surface area contributed by atoms with Crippen LogP contribution >= 0.6 is 0 Å². The number of nitriles is 3. The Bertz CT molecular complexity index is 1150. The Kier molecular flexibility index (Phi) is 27.8. The number of nitrogens with zero attached hydrogens (tertiary/aromatic N) is 3. The van der Waals surface area contributed by atoms with Crippen molar-refractivity contribution in [2.24, 2.45) is 0 Å². The molecule has 0 saturated carbocycles. The van der Waals surface area contributed by atoms with Gasteiger partial charge in [0, 0.05) is 45.3 Å². The van der Waals surface area contributed by atoms with Crippen LogP contribution in [0.3, 0.4) is 0 Å². The summed E-state index contributed by atoms with van der Waals surface area (Å²) in [6, 6.07) is 6.34. The van der Waals surface area contributed by atoms with E-state index in [1.807, 2.05) is 6.92 Å². The van der Waals surface area contributed by atoms with Gasteiger partial charge in [0.05, 0.1) is 18.2 Å². The molecular weight excluding hydrogens is 685 g/mol. The molecule has 15 heteroatoms. The molecule has 0 saturated heterocycles. The standard InChI is InChI=1S/C34H64N6O6S3/c1-2-3-4-20-27-34(47(41,42)38-31-24-17-11-5-8-14-21-28-35,48(43,44)39-32-25-18-12-6-9-15-22-29-36)49(45,46)40-33-26-19-13-7-10-16-23-30-37/h38-40H,2-27,31-33H2,1H3. The van der Waals surface area contributed by atoms with Gasteiger partial charge in [0.15, 0.2) is 0 Å². The summed E-state index contributed by atoms with van der Waals surface area (Å²) < 4.78 is 88.7. The van der Waals surface area contributed by atoms with Gasteiger partial charge in [-0.05, 0) is 44.9 Å². The predicted molar refractivity (Wildman–Crippen MR) is 196 cm³/mol. The molecule has 0 aliphatic heterocycles. The molecule has 0 radical (unpaired) electrons. The molecule has 0 bridgehead atoms. The summed E-state index contributed by atoms with van der Waals surface area (Å²) in [5.74, 6) is 0. The van der Waals surface area contributed by atoms with Crippen molar-refractivity contribution in [2.75, 3.05) is 19.6 Å². The fourth-order valence-corrected chi connectivity index (χ4v) is 13.3. The molecule has 0 unspecified atom stereocenters. The highest BCUT2D eigenvalue weighted by Crippen LogP contribution is 2.36. The first-order chi connectivity index (χ1) is 23.5. The minimum absolute atomic E-state index is 0.0835. The van der Waals surface area contributed by atoms with Gasteiger partial charge in [-0.15, -0.1) is 0 Å². The van der Waals surface area contributed by atoms with Crippen LogP contribution < -0.4 is 14.2 Å². The molecule has 0 amide bonds. The smallest absolute Gasteiger partial charge is 0.213 e. The minimum atomic E-state index is -4.95. The van der Waals surface area contributed by atoms with Gasteiger partial charge in [-0.3, -0.25) is 0 Å². The molecule has 0 atom stereocenters. The summed E-state index contributed by atoms with van der Waals surface area (Å²) in [7, 11) is -14.9. The fraction of sp³-hybridized carbons (Fsp3) is 0.912. The SMILES string of the molecule is CCCCCCC(S(=O)(=O)NCCCCCCCCC#N)(S(=O)(=O)NCCCCCCCCC#N)S(=O)(=O)NCCCCCCCCC#N. The Balaban J connectivity index is 5.92.